The summed E-state index contributed by atoms with van der Waals surface area (Å²) >= 11 is 0. The van der Waals surface area contributed by atoms with Crippen LogP contribution in [0.1, 0.15) is 23.2 Å². The van der Waals surface area contributed by atoms with E-state index < -0.39 is 0 Å². The topological polar surface area (TPSA) is 70.0 Å². The molecule has 2 N–H and O–H groups in total. The number of benzene rings is 1. The first-order chi connectivity index (χ1) is 9.56. The standard InChI is InChI=1S/C15H21NO4/c1-16(8-11-3-2-6-20-10-11)9-15(19)13-5-4-12(17)7-14(13)18/h4-5,7,11,17-18H,2-3,6,8-10H2,1H3. The van der Waals surface area contributed by atoms with Gasteiger partial charge in [-0.05, 0) is 37.9 Å². The second-order valence-corrected chi connectivity index (χ2v) is 5.40. The van der Waals surface area contributed by atoms with Crippen LogP contribution in [-0.2, 0) is 4.74 Å². The minimum atomic E-state index is -0.176. The average molecular weight is 279 g/mol. The molecule has 1 heterocycles. The highest BCUT2D eigenvalue weighted by molar-refractivity contribution is 6.00. The molecular formula is C15H21NO4. The van der Waals surface area contributed by atoms with Crippen molar-refractivity contribution in [2.24, 2.45) is 5.92 Å². The molecule has 0 aromatic heterocycles. The molecule has 1 fully saturated rings. The number of hydrogen-bond acceptors (Lipinski definition) is 5. The fraction of sp³-hybridized carbons (Fsp3) is 0.533. The van der Waals surface area contributed by atoms with Crippen LogP contribution in [0.3, 0.4) is 0 Å². The minimum absolute atomic E-state index is 0.0493. The molecule has 1 unspecified atom stereocenters. The predicted octanol–water partition coefficient (Wildman–Crippen LogP) is 1.64. The molecule has 1 aromatic carbocycles. The maximum absolute atomic E-state index is 12.1. The van der Waals surface area contributed by atoms with E-state index in [9.17, 15) is 15.0 Å². The normalized spacial score (nSPS) is 19.2. The Morgan fingerprint density at radius 1 is 1.45 bits per heavy atom. The van der Waals surface area contributed by atoms with Gasteiger partial charge >= 0.3 is 0 Å². The summed E-state index contributed by atoms with van der Waals surface area (Å²) in [4.78, 5) is 14.1. The molecule has 2 rings (SSSR count). The van der Waals surface area contributed by atoms with Gasteiger partial charge in [-0.15, -0.1) is 0 Å². The third kappa shape index (κ3) is 3.95. The summed E-state index contributed by atoms with van der Waals surface area (Å²) in [6, 6.07) is 4.04. The molecule has 1 atom stereocenters. The molecule has 1 saturated heterocycles. The maximum Gasteiger partial charge on any atom is 0.180 e. The van der Waals surface area contributed by atoms with Crippen molar-refractivity contribution in [1.82, 2.24) is 4.90 Å². The average Bonchev–Trinajstić information content (AvgIpc) is 2.39. The van der Waals surface area contributed by atoms with Crippen molar-refractivity contribution < 1.29 is 19.7 Å². The van der Waals surface area contributed by atoms with Gasteiger partial charge in [0.1, 0.15) is 11.5 Å². The Hall–Kier alpha value is -1.59. The zero-order valence-corrected chi connectivity index (χ0v) is 11.7. The number of aromatic hydroxyl groups is 2. The molecule has 20 heavy (non-hydrogen) atoms. The van der Waals surface area contributed by atoms with E-state index in [1.807, 2.05) is 11.9 Å². The lowest BCUT2D eigenvalue weighted by molar-refractivity contribution is 0.0416. The van der Waals surface area contributed by atoms with Gasteiger partial charge in [-0.2, -0.15) is 0 Å². The highest BCUT2D eigenvalue weighted by Gasteiger charge is 2.19. The van der Waals surface area contributed by atoms with Gasteiger partial charge in [0.25, 0.3) is 0 Å². The first-order valence-corrected chi connectivity index (χ1v) is 6.87. The van der Waals surface area contributed by atoms with Crippen molar-refractivity contribution in [3.05, 3.63) is 23.8 Å². The third-order valence-electron chi connectivity index (χ3n) is 3.52. The summed E-state index contributed by atoms with van der Waals surface area (Å²) in [5.74, 6) is 0.0906. The van der Waals surface area contributed by atoms with Gasteiger partial charge in [-0.1, -0.05) is 0 Å². The Morgan fingerprint density at radius 2 is 2.25 bits per heavy atom. The lowest BCUT2D eigenvalue weighted by atomic mass is 10.0. The van der Waals surface area contributed by atoms with Crippen molar-refractivity contribution in [1.29, 1.82) is 0 Å². The highest BCUT2D eigenvalue weighted by Crippen LogP contribution is 2.23. The molecule has 0 bridgehead atoms. The van der Waals surface area contributed by atoms with Crippen LogP contribution in [0.4, 0.5) is 0 Å². The second kappa shape index (κ2) is 6.72. The molecule has 5 heteroatoms. The van der Waals surface area contributed by atoms with E-state index in [0.29, 0.717) is 5.92 Å². The molecule has 1 aliphatic heterocycles. The van der Waals surface area contributed by atoms with Crippen LogP contribution in [0.25, 0.3) is 0 Å². The van der Waals surface area contributed by atoms with Gasteiger partial charge in [0, 0.05) is 19.2 Å². The molecule has 1 aromatic rings. The number of Topliss-reactive ketones (excluding diaryl/α,β-unsaturated/α-hetero) is 1. The van der Waals surface area contributed by atoms with Crippen molar-refractivity contribution >= 4 is 5.78 Å². The Morgan fingerprint density at radius 3 is 2.90 bits per heavy atom. The molecule has 110 valence electrons. The largest absolute Gasteiger partial charge is 0.508 e. The van der Waals surface area contributed by atoms with Gasteiger partial charge in [-0.25, -0.2) is 0 Å². The van der Waals surface area contributed by atoms with Crippen LogP contribution in [0, 0.1) is 5.92 Å². The summed E-state index contributed by atoms with van der Waals surface area (Å²) in [6.45, 7) is 2.64. The number of hydrogen-bond donors (Lipinski definition) is 2. The predicted molar refractivity (Wildman–Crippen MR) is 75.1 cm³/mol. The Bertz CT molecular complexity index is 469. The van der Waals surface area contributed by atoms with Gasteiger partial charge in [0.2, 0.25) is 0 Å². The SMILES string of the molecule is CN(CC(=O)c1ccc(O)cc1O)CC1CCCOC1. The van der Waals surface area contributed by atoms with E-state index in [-0.39, 0.29) is 29.4 Å². The number of phenolic OH excluding ortho intramolecular Hbond substituents is 2. The zero-order valence-electron chi connectivity index (χ0n) is 11.7. The van der Waals surface area contributed by atoms with E-state index in [2.05, 4.69) is 0 Å². The van der Waals surface area contributed by atoms with Crippen LogP contribution in [0.2, 0.25) is 0 Å². The highest BCUT2D eigenvalue weighted by atomic mass is 16.5. The first kappa shape index (κ1) is 14.8. The third-order valence-corrected chi connectivity index (χ3v) is 3.52. The molecular weight excluding hydrogens is 258 g/mol. The molecule has 0 amide bonds. The lowest BCUT2D eigenvalue weighted by Crippen LogP contribution is -2.34. The molecule has 0 saturated carbocycles. The van der Waals surface area contributed by atoms with Gasteiger partial charge in [0.05, 0.1) is 18.7 Å². The monoisotopic (exact) mass is 279 g/mol. The second-order valence-electron chi connectivity index (χ2n) is 5.40. The summed E-state index contributed by atoms with van der Waals surface area (Å²) in [7, 11) is 1.89. The Balaban J connectivity index is 1.89. The number of ether oxygens (including phenoxy) is 1. The van der Waals surface area contributed by atoms with E-state index in [4.69, 9.17) is 4.74 Å². The van der Waals surface area contributed by atoms with E-state index in [1.165, 1.54) is 18.2 Å². The van der Waals surface area contributed by atoms with Gasteiger partial charge in [-0.3, -0.25) is 9.69 Å². The Labute approximate surface area is 118 Å². The van der Waals surface area contributed by atoms with Crippen molar-refractivity contribution in [2.45, 2.75) is 12.8 Å². The summed E-state index contributed by atoms with van der Waals surface area (Å²) < 4.78 is 5.43. The van der Waals surface area contributed by atoms with Crippen LogP contribution >= 0.6 is 0 Å². The van der Waals surface area contributed by atoms with Crippen LogP contribution in [-0.4, -0.2) is 54.2 Å². The quantitative estimate of drug-likeness (QED) is 0.802. The number of nitrogens with zero attached hydrogens (tertiary/aromatic N) is 1. The minimum Gasteiger partial charge on any atom is -0.508 e. The van der Waals surface area contributed by atoms with E-state index >= 15 is 0 Å². The number of likely N-dealkylation sites (N-methyl/N-ethyl adjacent to an activating group) is 1. The number of phenols is 2. The molecule has 5 nitrogen and oxygen atoms in total. The molecule has 0 radical (unpaired) electrons. The fourth-order valence-corrected chi connectivity index (χ4v) is 2.54. The maximum atomic E-state index is 12.1. The summed E-state index contributed by atoms with van der Waals surface area (Å²) in [6.07, 6.45) is 2.20. The summed E-state index contributed by atoms with van der Waals surface area (Å²) in [5, 5.41) is 18.9. The number of rotatable bonds is 5. The fourth-order valence-electron chi connectivity index (χ4n) is 2.54. The number of ketones is 1. The smallest absolute Gasteiger partial charge is 0.180 e. The van der Waals surface area contributed by atoms with Crippen molar-refractivity contribution in [2.75, 3.05) is 33.4 Å². The van der Waals surface area contributed by atoms with Crippen LogP contribution < -0.4 is 0 Å². The van der Waals surface area contributed by atoms with E-state index in [1.54, 1.807) is 0 Å². The number of carbonyl (C=O) groups is 1. The Kier molecular flexibility index (Phi) is 4.98. The van der Waals surface area contributed by atoms with Crippen LogP contribution in [0.5, 0.6) is 11.5 Å². The van der Waals surface area contributed by atoms with E-state index in [0.717, 1.165) is 32.6 Å². The molecule has 1 aliphatic rings. The first-order valence-electron chi connectivity index (χ1n) is 6.87. The van der Waals surface area contributed by atoms with Crippen LogP contribution in [0.15, 0.2) is 18.2 Å². The van der Waals surface area contributed by atoms with Crippen molar-refractivity contribution in [3.63, 3.8) is 0 Å². The zero-order chi connectivity index (χ0) is 14.5. The van der Waals surface area contributed by atoms with Gasteiger partial charge in [0.15, 0.2) is 5.78 Å². The lowest BCUT2D eigenvalue weighted by Gasteiger charge is -2.26. The molecule has 0 aliphatic carbocycles. The van der Waals surface area contributed by atoms with Gasteiger partial charge < -0.3 is 14.9 Å². The number of carbonyl (C=O) groups excluding carboxylic acids is 1. The summed E-state index contributed by atoms with van der Waals surface area (Å²) in [5.41, 5.74) is 0.245. The van der Waals surface area contributed by atoms with Crippen molar-refractivity contribution in [3.8, 4) is 11.5 Å². The molecule has 0 spiro atoms.